The maximum atomic E-state index is 13.1. The molecule has 7 heteroatoms. The molecule has 1 aliphatic heterocycles. The van der Waals surface area contributed by atoms with Crippen LogP contribution in [0.15, 0.2) is 59.8 Å². The molecule has 0 N–H and O–H groups in total. The number of nitrogens with zero attached hydrogens (tertiary/aromatic N) is 4. The van der Waals surface area contributed by atoms with Crippen molar-refractivity contribution in [3.05, 3.63) is 71.8 Å². The predicted molar refractivity (Wildman–Crippen MR) is 103 cm³/mol. The zero-order valence-corrected chi connectivity index (χ0v) is 15.7. The lowest BCUT2D eigenvalue weighted by Gasteiger charge is -2.26. The molecule has 2 aromatic carbocycles. The molecule has 1 fully saturated rings. The van der Waals surface area contributed by atoms with Gasteiger partial charge in [-0.05, 0) is 29.8 Å². The Bertz CT molecular complexity index is 863. The molecular weight excluding hydrogens is 363 g/mol. The van der Waals surface area contributed by atoms with Gasteiger partial charge in [-0.2, -0.15) is 0 Å². The molecular formula is C20H21FN4OS. The molecule has 4 rings (SSSR count). The highest BCUT2D eigenvalue weighted by Crippen LogP contribution is 2.26. The van der Waals surface area contributed by atoms with E-state index in [1.807, 2.05) is 18.2 Å². The Kier molecular flexibility index (Phi) is 5.81. The first-order valence-corrected chi connectivity index (χ1v) is 9.95. The quantitative estimate of drug-likeness (QED) is 0.608. The van der Waals surface area contributed by atoms with E-state index in [4.69, 9.17) is 4.74 Å². The molecule has 0 spiro atoms. The fourth-order valence-electron chi connectivity index (χ4n) is 3.02. The molecule has 0 saturated carbocycles. The molecule has 1 aliphatic rings. The van der Waals surface area contributed by atoms with Gasteiger partial charge in [0.05, 0.1) is 19.8 Å². The summed E-state index contributed by atoms with van der Waals surface area (Å²) in [5.74, 6) is 1.41. The van der Waals surface area contributed by atoms with E-state index in [0.29, 0.717) is 5.75 Å². The average molecular weight is 384 g/mol. The monoisotopic (exact) mass is 384 g/mol. The van der Waals surface area contributed by atoms with Crippen LogP contribution < -0.4 is 0 Å². The Labute approximate surface area is 162 Å². The summed E-state index contributed by atoms with van der Waals surface area (Å²) in [6, 6.07) is 16.7. The highest BCUT2D eigenvalue weighted by Gasteiger charge is 2.18. The second kappa shape index (κ2) is 8.65. The minimum atomic E-state index is -0.219. The number of aromatic nitrogens is 3. The Morgan fingerprint density at radius 1 is 0.963 bits per heavy atom. The lowest BCUT2D eigenvalue weighted by molar-refractivity contribution is 0.0328. The summed E-state index contributed by atoms with van der Waals surface area (Å²) in [6.07, 6.45) is 0. The number of benzene rings is 2. The second-order valence-electron chi connectivity index (χ2n) is 6.37. The maximum Gasteiger partial charge on any atom is 0.196 e. The molecule has 5 nitrogen and oxygen atoms in total. The Balaban J connectivity index is 1.57. The van der Waals surface area contributed by atoms with E-state index in [1.54, 1.807) is 23.9 Å². The van der Waals surface area contributed by atoms with Crippen LogP contribution in [0.25, 0.3) is 5.69 Å². The van der Waals surface area contributed by atoms with Crippen LogP contribution in [0.3, 0.4) is 0 Å². The van der Waals surface area contributed by atoms with Crippen molar-refractivity contribution < 1.29 is 9.13 Å². The summed E-state index contributed by atoms with van der Waals surface area (Å²) in [4.78, 5) is 2.33. The van der Waals surface area contributed by atoms with Crippen LogP contribution in [0, 0.1) is 5.82 Å². The van der Waals surface area contributed by atoms with Crippen LogP contribution in [-0.2, 0) is 17.0 Å². The average Bonchev–Trinajstić information content (AvgIpc) is 3.11. The van der Waals surface area contributed by atoms with Gasteiger partial charge in [-0.1, -0.05) is 42.1 Å². The summed E-state index contributed by atoms with van der Waals surface area (Å²) >= 11 is 1.61. The van der Waals surface area contributed by atoms with Crippen LogP contribution in [-0.4, -0.2) is 46.0 Å². The van der Waals surface area contributed by atoms with E-state index >= 15 is 0 Å². The van der Waals surface area contributed by atoms with Gasteiger partial charge in [0, 0.05) is 24.5 Å². The third-order valence-corrected chi connectivity index (χ3v) is 5.46. The van der Waals surface area contributed by atoms with Crippen molar-refractivity contribution in [3.8, 4) is 5.69 Å². The molecule has 0 unspecified atom stereocenters. The molecule has 1 saturated heterocycles. The van der Waals surface area contributed by atoms with Gasteiger partial charge in [0.1, 0.15) is 5.82 Å². The zero-order valence-electron chi connectivity index (χ0n) is 14.9. The van der Waals surface area contributed by atoms with E-state index in [0.717, 1.165) is 55.1 Å². The van der Waals surface area contributed by atoms with Crippen molar-refractivity contribution in [2.24, 2.45) is 0 Å². The summed E-state index contributed by atoms with van der Waals surface area (Å²) in [7, 11) is 0. The van der Waals surface area contributed by atoms with Gasteiger partial charge < -0.3 is 4.74 Å². The fourth-order valence-corrected chi connectivity index (χ4v) is 3.95. The van der Waals surface area contributed by atoms with E-state index in [1.165, 1.54) is 12.1 Å². The van der Waals surface area contributed by atoms with Gasteiger partial charge in [0.2, 0.25) is 0 Å². The second-order valence-corrected chi connectivity index (χ2v) is 7.32. The molecule has 0 radical (unpaired) electrons. The van der Waals surface area contributed by atoms with E-state index in [2.05, 4.69) is 31.8 Å². The Morgan fingerprint density at radius 2 is 1.70 bits per heavy atom. The minimum absolute atomic E-state index is 0.219. The molecule has 27 heavy (non-hydrogen) atoms. The number of ether oxygens (including phenoxy) is 1. The topological polar surface area (TPSA) is 43.2 Å². The molecule has 3 aromatic rings. The maximum absolute atomic E-state index is 13.1. The van der Waals surface area contributed by atoms with E-state index in [-0.39, 0.29) is 5.82 Å². The van der Waals surface area contributed by atoms with E-state index < -0.39 is 0 Å². The fraction of sp³-hybridized carbons (Fsp3) is 0.300. The van der Waals surface area contributed by atoms with Crippen molar-refractivity contribution in [2.45, 2.75) is 17.5 Å². The molecule has 0 amide bonds. The third kappa shape index (κ3) is 4.55. The molecule has 0 atom stereocenters. The lowest BCUT2D eigenvalue weighted by atomic mass is 10.2. The minimum Gasteiger partial charge on any atom is -0.379 e. The number of halogens is 1. The van der Waals surface area contributed by atoms with Crippen LogP contribution in [0.1, 0.15) is 11.4 Å². The van der Waals surface area contributed by atoms with Gasteiger partial charge in [0.25, 0.3) is 0 Å². The Morgan fingerprint density at radius 3 is 2.44 bits per heavy atom. The first kappa shape index (κ1) is 18.2. The summed E-state index contributed by atoms with van der Waals surface area (Å²) in [5.41, 5.74) is 2.10. The number of morpholine rings is 1. The van der Waals surface area contributed by atoms with Gasteiger partial charge in [-0.15, -0.1) is 10.2 Å². The number of thioether (sulfide) groups is 1. The number of hydrogen-bond acceptors (Lipinski definition) is 5. The number of para-hydroxylation sites is 1. The highest BCUT2D eigenvalue weighted by atomic mass is 32.2. The van der Waals surface area contributed by atoms with Gasteiger partial charge in [0.15, 0.2) is 11.0 Å². The molecule has 2 heterocycles. The number of rotatable bonds is 6. The Hall–Kier alpha value is -2.22. The number of hydrogen-bond donors (Lipinski definition) is 0. The summed E-state index contributed by atoms with van der Waals surface area (Å²) in [6.45, 7) is 4.05. The highest BCUT2D eigenvalue weighted by molar-refractivity contribution is 7.98. The molecule has 0 aliphatic carbocycles. The smallest absolute Gasteiger partial charge is 0.196 e. The van der Waals surface area contributed by atoms with Gasteiger partial charge in [-0.25, -0.2) is 4.39 Å². The normalized spacial score (nSPS) is 15.1. The predicted octanol–water partition coefficient (Wildman–Crippen LogP) is 3.53. The lowest BCUT2D eigenvalue weighted by Crippen LogP contribution is -2.36. The summed E-state index contributed by atoms with van der Waals surface area (Å²) < 4.78 is 20.7. The van der Waals surface area contributed by atoms with Gasteiger partial charge >= 0.3 is 0 Å². The van der Waals surface area contributed by atoms with Crippen LogP contribution in [0.5, 0.6) is 0 Å². The largest absolute Gasteiger partial charge is 0.379 e. The van der Waals surface area contributed by atoms with Crippen LogP contribution in [0.4, 0.5) is 4.39 Å². The van der Waals surface area contributed by atoms with E-state index in [9.17, 15) is 4.39 Å². The SMILES string of the molecule is Fc1ccc(CSc2nnc(CN3CCOCC3)n2-c2ccccc2)cc1. The van der Waals surface area contributed by atoms with Crippen molar-refractivity contribution in [1.29, 1.82) is 0 Å². The first-order valence-electron chi connectivity index (χ1n) is 8.97. The third-order valence-electron chi connectivity index (χ3n) is 4.46. The molecule has 1 aromatic heterocycles. The zero-order chi connectivity index (χ0) is 18.5. The first-order chi connectivity index (χ1) is 13.3. The van der Waals surface area contributed by atoms with Gasteiger partial charge in [-0.3, -0.25) is 9.47 Å². The molecule has 140 valence electrons. The molecule has 0 bridgehead atoms. The summed E-state index contributed by atoms with van der Waals surface area (Å²) in [5, 5.41) is 9.74. The standard InChI is InChI=1S/C20H21FN4OS/c21-17-8-6-16(7-9-17)15-27-20-23-22-19(14-24-10-12-26-13-11-24)25(20)18-4-2-1-3-5-18/h1-9H,10-15H2. The van der Waals surface area contributed by atoms with Crippen LogP contribution >= 0.6 is 11.8 Å². The van der Waals surface area contributed by atoms with Crippen LogP contribution in [0.2, 0.25) is 0 Å². The van der Waals surface area contributed by atoms with Crippen molar-refractivity contribution in [2.75, 3.05) is 26.3 Å². The van der Waals surface area contributed by atoms with Crippen molar-refractivity contribution >= 4 is 11.8 Å². The van der Waals surface area contributed by atoms with Crippen molar-refractivity contribution in [3.63, 3.8) is 0 Å². The van der Waals surface area contributed by atoms with Crippen molar-refractivity contribution in [1.82, 2.24) is 19.7 Å².